The summed E-state index contributed by atoms with van der Waals surface area (Å²) >= 11 is 3.12. The molecule has 0 amide bonds. The van der Waals surface area contributed by atoms with Crippen LogP contribution in [0, 0.1) is 0 Å². The molecule has 0 unspecified atom stereocenters. The summed E-state index contributed by atoms with van der Waals surface area (Å²) in [4.78, 5) is 23.3. The van der Waals surface area contributed by atoms with Crippen LogP contribution >= 0.6 is 23.1 Å². The molecule has 0 aromatic carbocycles. The third-order valence-corrected chi connectivity index (χ3v) is 6.61. The predicted octanol–water partition coefficient (Wildman–Crippen LogP) is 4.08. The molecule has 5 nitrogen and oxygen atoms in total. The summed E-state index contributed by atoms with van der Waals surface area (Å²) < 4.78 is 8.29. The second-order valence-corrected chi connectivity index (χ2v) is 8.34. The summed E-state index contributed by atoms with van der Waals surface area (Å²) in [5.74, 6) is 0.973. The van der Waals surface area contributed by atoms with Crippen molar-refractivity contribution in [3.05, 3.63) is 28.7 Å². The van der Waals surface area contributed by atoms with E-state index in [1.54, 1.807) is 18.0 Å². The van der Waals surface area contributed by atoms with Crippen LogP contribution in [0.2, 0.25) is 0 Å². The lowest BCUT2D eigenvalue weighted by Gasteiger charge is -2.15. The normalized spacial score (nSPS) is 17.7. The first-order chi connectivity index (χ1) is 12.3. The fourth-order valence-corrected chi connectivity index (χ4v) is 5.23. The van der Waals surface area contributed by atoms with E-state index in [-0.39, 0.29) is 11.7 Å². The van der Waals surface area contributed by atoms with Gasteiger partial charge in [-0.1, -0.05) is 25.1 Å². The highest BCUT2D eigenvalue weighted by atomic mass is 32.2. The summed E-state index contributed by atoms with van der Waals surface area (Å²) in [7, 11) is 0. The summed E-state index contributed by atoms with van der Waals surface area (Å²) in [6, 6.07) is 3.90. The van der Waals surface area contributed by atoms with Gasteiger partial charge in [0, 0.05) is 23.9 Å². The molecule has 4 rings (SSSR count). The molecule has 3 aromatic heterocycles. The van der Waals surface area contributed by atoms with E-state index in [1.807, 2.05) is 16.7 Å². The van der Waals surface area contributed by atoms with Crippen LogP contribution in [0.1, 0.15) is 32.6 Å². The van der Waals surface area contributed by atoms with E-state index >= 15 is 0 Å². The zero-order chi connectivity index (χ0) is 17.2. The Morgan fingerprint density at radius 1 is 1.48 bits per heavy atom. The predicted molar refractivity (Wildman–Crippen MR) is 104 cm³/mol. The maximum absolute atomic E-state index is 13.2. The highest BCUT2D eigenvalue weighted by Crippen LogP contribution is 2.31. The molecule has 1 fully saturated rings. The van der Waals surface area contributed by atoms with Gasteiger partial charge in [-0.05, 0) is 31.4 Å². The molecule has 0 aliphatic carbocycles. The van der Waals surface area contributed by atoms with E-state index in [0.717, 1.165) is 58.9 Å². The number of aromatic nitrogens is 3. The smallest absolute Gasteiger partial charge is 0.272 e. The van der Waals surface area contributed by atoms with Gasteiger partial charge < -0.3 is 4.74 Å². The van der Waals surface area contributed by atoms with Gasteiger partial charge in [-0.3, -0.25) is 9.36 Å². The third-order valence-electron chi connectivity index (χ3n) is 4.46. The minimum atomic E-state index is 0.0440. The van der Waals surface area contributed by atoms with E-state index in [2.05, 4.69) is 11.9 Å². The van der Waals surface area contributed by atoms with Crippen molar-refractivity contribution in [3.8, 4) is 0 Å². The Kier molecular flexibility index (Phi) is 5.05. The molecule has 4 heterocycles. The van der Waals surface area contributed by atoms with Crippen LogP contribution in [-0.2, 0) is 11.3 Å². The first-order valence-electron chi connectivity index (χ1n) is 8.80. The zero-order valence-corrected chi connectivity index (χ0v) is 15.9. The number of nitrogens with zero attached hydrogens (tertiary/aromatic N) is 3. The quantitative estimate of drug-likeness (QED) is 0.369. The minimum Gasteiger partial charge on any atom is -0.376 e. The molecule has 3 aromatic rings. The van der Waals surface area contributed by atoms with Gasteiger partial charge in [-0.2, -0.15) is 0 Å². The average molecular weight is 376 g/mol. The van der Waals surface area contributed by atoms with Gasteiger partial charge in [0.1, 0.15) is 9.53 Å². The van der Waals surface area contributed by atoms with E-state index in [1.165, 1.54) is 11.3 Å². The Morgan fingerprint density at radius 2 is 2.40 bits per heavy atom. The SMILES string of the molecule is CCCCSc1nc2c(sc3ncccc32)c(=O)n1C[C@H]1CCCO1. The standard InChI is InChI=1S/C18H21N3O2S2/c1-2-3-10-24-18-20-14-13-7-4-8-19-16(13)25-15(14)17(22)21(18)11-12-6-5-9-23-12/h4,7-8,12H,2-3,5-6,9-11H2,1H3/t12-/m1/s1. The monoisotopic (exact) mass is 375 g/mol. The molecule has 0 bridgehead atoms. The lowest BCUT2D eigenvalue weighted by atomic mass is 10.2. The van der Waals surface area contributed by atoms with E-state index in [4.69, 9.17) is 9.72 Å². The van der Waals surface area contributed by atoms with E-state index in [9.17, 15) is 4.79 Å². The number of rotatable bonds is 6. The van der Waals surface area contributed by atoms with Crippen LogP contribution in [-0.4, -0.2) is 33.0 Å². The Morgan fingerprint density at radius 3 is 3.20 bits per heavy atom. The number of fused-ring (bicyclic) bond motifs is 3. The Balaban J connectivity index is 1.83. The molecule has 1 aliphatic rings. The largest absolute Gasteiger partial charge is 0.376 e. The molecule has 0 radical (unpaired) electrons. The maximum Gasteiger partial charge on any atom is 0.272 e. The Bertz CT molecular complexity index is 945. The molecule has 25 heavy (non-hydrogen) atoms. The number of thiophene rings is 1. The summed E-state index contributed by atoms with van der Waals surface area (Å²) in [6.45, 7) is 3.56. The fourth-order valence-electron chi connectivity index (χ4n) is 3.11. The molecule has 1 atom stereocenters. The van der Waals surface area contributed by atoms with Crippen molar-refractivity contribution in [2.45, 2.75) is 50.4 Å². The van der Waals surface area contributed by atoms with Crippen LogP contribution in [0.4, 0.5) is 0 Å². The Labute approximate surface area is 154 Å². The van der Waals surface area contributed by atoms with Crippen molar-refractivity contribution in [1.82, 2.24) is 14.5 Å². The maximum atomic E-state index is 13.2. The Hall–Kier alpha value is -1.44. The van der Waals surface area contributed by atoms with Crippen molar-refractivity contribution in [2.24, 2.45) is 0 Å². The number of unbranched alkanes of at least 4 members (excludes halogenated alkanes) is 1. The second-order valence-electron chi connectivity index (χ2n) is 6.28. The molecule has 0 N–H and O–H groups in total. The van der Waals surface area contributed by atoms with Gasteiger partial charge in [-0.15, -0.1) is 11.3 Å². The van der Waals surface area contributed by atoms with Gasteiger partial charge in [0.05, 0.1) is 18.2 Å². The summed E-state index contributed by atoms with van der Waals surface area (Å²) in [6.07, 6.45) is 6.22. The third kappa shape index (κ3) is 3.32. The van der Waals surface area contributed by atoms with Crippen LogP contribution in [0.25, 0.3) is 20.4 Å². The summed E-state index contributed by atoms with van der Waals surface area (Å²) in [5.41, 5.74) is 0.836. The summed E-state index contributed by atoms with van der Waals surface area (Å²) in [5, 5.41) is 1.78. The van der Waals surface area contributed by atoms with Gasteiger partial charge in [0.15, 0.2) is 5.16 Å². The molecule has 1 saturated heterocycles. The molecule has 0 saturated carbocycles. The van der Waals surface area contributed by atoms with Crippen molar-refractivity contribution in [2.75, 3.05) is 12.4 Å². The molecule has 7 heteroatoms. The van der Waals surface area contributed by atoms with Crippen LogP contribution in [0.3, 0.4) is 0 Å². The molecular formula is C18H21N3O2S2. The van der Waals surface area contributed by atoms with Gasteiger partial charge >= 0.3 is 0 Å². The van der Waals surface area contributed by atoms with E-state index < -0.39 is 0 Å². The first-order valence-corrected chi connectivity index (χ1v) is 10.6. The lowest BCUT2D eigenvalue weighted by molar-refractivity contribution is 0.0938. The molecule has 132 valence electrons. The molecule has 1 aliphatic heterocycles. The highest BCUT2D eigenvalue weighted by molar-refractivity contribution is 7.99. The second kappa shape index (κ2) is 7.43. The number of ether oxygens (including phenoxy) is 1. The lowest BCUT2D eigenvalue weighted by Crippen LogP contribution is -2.28. The van der Waals surface area contributed by atoms with E-state index in [0.29, 0.717) is 11.2 Å². The first kappa shape index (κ1) is 17.0. The number of thioether (sulfide) groups is 1. The average Bonchev–Trinajstić information content (AvgIpc) is 3.26. The van der Waals surface area contributed by atoms with Crippen molar-refractivity contribution < 1.29 is 4.74 Å². The molecule has 0 spiro atoms. The van der Waals surface area contributed by atoms with Crippen molar-refractivity contribution in [3.63, 3.8) is 0 Å². The van der Waals surface area contributed by atoms with Gasteiger partial charge in [0.2, 0.25) is 0 Å². The minimum absolute atomic E-state index is 0.0440. The van der Waals surface area contributed by atoms with Gasteiger partial charge in [-0.25, -0.2) is 9.97 Å². The zero-order valence-electron chi connectivity index (χ0n) is 14.2. The number of hydrogen-bond acceptors (Lipinski definition) is 6. The molecular weight excluding hydrogens is 354 g/mol. The number of hydrogen-bond donors (Lipinski definition) is 0. The van der Waals surface area contributed by atoms with Gasteiger partial charge in [0.25, 0.3) is 5.56 Å². The number of pyridine rings is 1. The van der Waals surface area contributed by atoms with Crippen LogP contribution in [0.15, 0.2) is 28.3 Å². The topological polar surface area (TPSA) is 57.0 Å². The highest BCUT2D eigenvalue weighted by Gasteiger charge is 2.22. The van der Waals surface area contributed by atoms with Crippen LogP contribution in [0.5, 0.6) is 0 Å². The van der Waals surface area contributed by atoms with Crippen molar-refractivity contribution >= 4 is 43.5 Å². The fraction of sp³-hybridized carbons (Fsp3) is 0.500. The van der Waals surface area contributed by atoms with Crippen molar-refractivity contribution in [1.29, 1.82) is 0 Å². The van der Waals surface area contributed by atoms with Crippen LogP contribution < -0.4 is 5.56 Å².